The maximum absolute atomic E-state index is 7.03. The number of para-hydroxylation sites is 4. The zero-order valence-corrected chi connectivity index (χ0v) is 36.6. The summed E-state index contributed by atoms with van der Waals surface area (Å²) in [5.41, 5.74) is 12.8. The molecule has 0 atom stereocenters. The molecule has 3 nitrogen and oxygen atoms in total. The van der Waals surface area contributed by atoms with E-state index < -0.39 is 8.07 Å². The molecule has 2 aliphatic rings. The standard InChI is InChI=1S/C60H41BN2OSi/c1-5-21-44(22-6-1)63-57-41-49(65(46-24-7-2-8-25-46,47-26-9-3-10-27-47)48-28-11-4-12-29-48)36-37-52(57)53-39-43(40-59-60(53)61(63)54-32-15-18-35-58(54)64-59)42-20-19-23-45(38-42)62-55-33-16-13-30-50(55)51-31-14-17-34-56(51)62/h1-41H. The topological polar surface area (TPSA) is 17.4 Å². The second kappa shape index (κ2) is 15.0. The van der Waals surface area contributed by atoms with Gasteiger partial charge in [-0.15, -0.1) is 0 Å². The SMILES string of the molecule is c1ccc(N2B3c4ccccc4Oc4cc(-c5cccc(-n6c7ccccc7c7ccccc76)c5)cc(c43)-c3ccc([Si](c4ccccc4)(c4ccccc4)c4ccccc4)cc32)cc1. The zero-order valence-electron chi connectivity index (χ0n) is 35.6. The lowest BCUT2D eigenvalue weighted by Crippen LogP contribution is -2.74. The van der Waals surface area contributed by atoms with E-state index in [4.69, 9.17) is 4.74 Å². The first kappa shape index (κ1) is 37.4. The third kappa shape index (κ3) is 5.76. The number of anilines is 2. The highest BCUT2D eigenvalue weighted by molar-refractivity contribution is 7.20. The van der Waals surface area contributed by atoms with Crippen LogP contribution in [0.25, 0.3) is 49.7 Å². The van der Waals surface area contributed by atoms with Crippen molar-refractivity contribution in [2.45, 2.75) is 0 Å². The maximum Gasteiger partial charge on any atom is 0.336 e. The van der Waals surface area contributed by atoms with Gasteiger partial charge in [-0.3, -0.25) is 0 Å². The Hall–Kier alpha value is -8.12. The molecule has 0 radical (unpaired) electrons. The van der Waals surface area contributed by atoms with E-state index in [-0.39, 0.29) is 6.85 Å². The van der Waals surface area contributed by atoms with Gasteiger partial charge in [-0.25, -0.2) is 0 Å². The van der Waals surface area contributed by atoms with Gasteiger partial charge in [-0.2, -0.15) is 0 Å². The second-order valence-corrected chi connectivity index (χ2v) is 21.0. The molecule has 11 aromatic rings. The predicted octanol–water partition coefficient (Wildman–Crippen LogP) is 10.9. The highest BCUT2D eigenvalue weighted by Crippen LogP contribution is 2.45. The lowest BCUT2D eigenvalue weighted by Gasteiger charge is -2.43. The molecule has 0 fully saturated rings. The largest absolute Gasteiger partial charge is 0.458 e. The Morgan fingerprint density at radius 2 is 0.923 bits per heavy atom. The van der Waals surface area contributed by atoms with Gasteiger partial charge >= 0.3 is 6.85 Å². The minimum absolute atomic E-state index is 0.130. The molecule has 0 bridgehead atoms. The Morgan fingerprint density at radius 3 is 1.57 bits per heavy atom. The molecule has 3 heterocycles. The molecule has 65 heavy (non-hydrogen) atoms. The molecule has 5 heteroatoms. The molecule has 0 N–H and O–H groups in total. The Bertz CT molecular complexity index is 3440. The Morgan fingerprint density at radius 1 is 0.369 bits per heavy atom. The molecule has 0 saturated heterocycles. The summed E-state index contributed by atoms with van der Waals surface area (Å²) in [7, 11) is -2.87. The zero-order chi connectivity index (χ0) is 42.9. The van der Waals surface area contributed by atoms with E-state index in [2.05, 4.69) is 258 Å². The van der Waals surface area contributed by atoms with Crippen LogP contribution < -0.4 is 41.2 Å². The molecule has 0 saturated carbocycles. The molecule has 0 amide bonds. The van der Waals surface area contributed by atoms with Gasteiger partial charge in [0.05, 0.1) is 11.0 Å². The molecule has 1 aromatic heterocycles. The van der Waals surface area contributed by atoms with Gasteiger partial charge in [0.25, 0.3) is 0 Å². The third-order valence-corrected chi connectivity index (χ3v) is 18.5. The number of fused-ring (bicyclic) bond motifs is 7. The summed E-state index contributed by atoms with van der Waals surface area (Å²) in [6.45, 7) is -0.130. The fourth-order valence-corrected chi connectivity index (χ4v) is 15.8. The lowest BCUT2D eigenvalue weighted by molar-refractivity contribution is 0.487. The summed E-state index contributed by atoms with van der Waals surface area (Å²) >= 11 is 0. The molecule has 0 spiro atoms. The number of ether oxygens (including phenoxy) is 1. The smallest absolute Gasteiger partial charge is 0.336 e. The predicted molar refractivity (Wildman–Crippen MR) is 275 cm³/mol. The summed E-state index contributed by atoms with van der Waals surface area (Å²) in [5, 5.41) is 7.89. The molecule has 2 aliphatic heterocycles. The quantitative estimate of drug-likeness (QED) is 0.117. The molecule has 10 aromatic carbocycles. The van der Waals surface area contributed by atoms with E-state index in [0.29, 0.717) is 0 Å². The van der Waals surface area contributed by atoms with Crippen LogP contribution >= 0.6 is 0 Å². The van der Waals surface area contributed by atoms with Crippen molar-refractivity contribution in [3.8, 4) is 39.4 Å². The van der Waals surface area contributed by atoms with Gasteiger partial charge in [-0.05, 0) is 104 Å². The first-order valence-electron chi connectivity index (χ1n) is 22.5. The molecule has 0 unspecified atom stereocenters. The minimum Gasteiger partial charge on any atom is -0.458 e. The van der Waals surface area contributed by atoms with Gasteiger partial charge in [-0.1, -0.05) is 188 Å². The molecule has 0 aliphatic carbocycles. The number of rotatable bonds is 7. The van der Waals surface area contributed by atoms with Crippen LogP contribution in [0.15, 0.2) is 249 Å². The van der Waals surface area contributed by atoms with E-state index >= 15 is 0 Å². The molecule has 304 valence electrons. The highest BCUT2D eigenvalue weighted by atomic mass is 28.3. The molecular formula is C60H41BN2OSi. The Kier molecular flexibility index (Phi) is 8.65. The van der Waals surface area contributed by atoms with Crippen LogP contribution in [0.2, 0.25) is 0 Å². The average Bonchev–Trinajstić information content (AvgIpc) is 3.72. The van der Waals surface area contributed by atoms with Gasteiger partial charge in [0.1, 0.15) is 11.5 Å². The minimum atomic E-state index is -2.87. The van der Waals surface area contributed by atoms with E-state index in [0.717, 1.165) is 39.5 Å². The van der Waals surface area contributed by atoms with Crippen LogP contribution in [-0.4, -0.2) is 19.5 Å². The summed E-state index contributed by atoms with van der Waals surface area (Å²) < 4.78 is 9.43. The van der Waals surface area contributed by atoms with Crippen molar-refractivity contribution in [1.29, 1.82) is 0 Å². The number of benzene rings is 10. The van der Waals surface area contributed by atoms with Crippen molar-refractivity contribution >= 4 is 79.8 Å². The normalized spacial score (nSPS) is 12.7. The van der Waals surface area contributed by atoms with Crippen LogP contribution in [0.4, 0.5) is 11.4 Å². The second-order valence-electron chi connectivity index (χ2n) is 17.2. The maximum atomic E-state index is 7.03. The van der Waals surface area contributed by atoms with Crippen molar-refractivity contribution in [3.63, 3.8) is 0 Å². The number of nitrogens with zero attached hydrogens (tertiary/aromatic N) is 2. The van der Waals surface area contributed by atoms with Crippen molar-refractivity contribution < 1.29 is 4.74 Å². The van der Waals surface area contributed by atoms with E-state index in [9.17, 15) is 0 Å². The van der Waals surface area contributed by atoms with Crippen LogP contribution in [0, 0.1) is 0 Å². The van der Waals surface area contributed by atoms with E-state index in [1.165, 1.54) is 64.8 Å². The lowest BCUT2D eigenvalue weighted by atomic mass is 9.44. The summed E-state index contributed by atoms with van der Waals surface area (Å²) in [5.74, 6) is 1.77. The third-order valence-electron chi connectivity index (χ3n) is 13.8. The van der Waals surface area contributed by atoms with Crippen molar-refractivity contribution in [3.05, 3.63) is 249 Å². The highest BCUT2D eigenvalue weighted by Gasteiger charge is 2.46. The first-order valence-corrected chi connectivity index (χ1v) is 24.5. The Labute approximate surface area is 380 Å². The fourth-order valence-electron chi connectivity index (χ4n) is 11.0. The van der Waals surface area contributed by atoms with E-state index in [1.54, 1.807) is 0 Å². The van der Waals surface area contributed by atoms with Crippen molar-refractivity contribution in [1.82, 2.24) is 4.57 Å². The first-order chi connectivity index (χ1) is 32.3. The molecule has 13 rings (SSSR count). The summed E-state index contributed by atoms with van der Waals surface area (Å²) in [6, 6.07) is 91.7. The number of aromatic nitrogens is 1. The summed E-state index contributed by atoms with van der Waals surface area (Å²) in [6.07, 6.45) is 0. The van der Waals surface area contributed by atoms with Gasteiger partial charge in [0.15, 0.2) is 8.07 Å². The van der Waals surface area contributed by atoms with Crippen LogP contribution in [0.5, 0.6) is 11.5 Å². The Balaban J connectivity index is 1.08. The van der Waals surface area contributed by atoms with E-state index in [1.807, 2.05) is 0 Å². The van der Waals surface area contributed by atoms with Crippen LogP contribution in [-0.2, 0) is 0 Å². The number of hydrogen-bond acceptors (Lipinski definition) is 2. The molecular weight excluding hydrogens is 804 g/mol. The fraction of sp³-hybridized carbons (Fsp3) is 0. The van der Waals surface area contributed by atoms with Gasteiger partial charge in [0.2, 0.25) is 0 Å². The van der Waals surface area contributed by atoms with Crippen LogP contribution in [0.3, 0.4) is 0 Å². The van der Waals surface area contributed by atoms with Crippen molar-refractivity contribution in [2.24, 2.45) is 0 Å². The summed E-state index contributed by atoms with van der Waals surface area (Å²) in [4.78, 5) is 2.58. The van der Waals surface area contributed by atoms with Crippen molar-refractivity contribution in [2.75, 3.05) is 4.81 Å². The average molecular weight is 845 g/mol. The van der Waals surface area contributed by atoms with Crippen LogP contribution in [0.1, 0.15) is 0 Å². The van der Waals surface area contributed by atoms with Gasteiger partial charge in [0, 0.05) is 38.9 Å². The van der Waals surface area contributed by atoms with Gasteiger partial charge < -0.3 is 14.1 Å². The monoisotopic (exact) mass is 844 g/mol. The number of hydrogen-bond donors (Lipinski definition) is 0.